The number of para-hydroxylation sites is 1. The van der Waals surface area contributed by atoms with Gasteiger partial charge in [-0.1, -0.05) is 18.2 Å². The Balaban J connectivity index is 0.000001000. The number of carbonyl (C=O) groups excluding carboxylic acids is 1. The molecule has 5 rings (SSSR count). The minimum absolute atomic E-state index is 0. The van der Waals surface area contributed by atoms with Crippen molar-refractivity contribution in [1.82, 2.24) is 9.88 Å². The highest BCUT2D eigenvalue weighted by Crippen LogP contribution is 2.47. The predicted octanol–water partition coefficient (Wildman–Crippen LogP) is 3.92. The van der Waals surface area contributed by atoms with E-state index in [2.05, 4.69) is 41.1 Å². The number of ether oxygens (including phenoxy) is 2. The molecule has 0 bridgehead atoms. The Labute approximate surface area is 157 Å². The molecule has 4 atom stereocenters. The Hall–Kier alpha value is -2.27. The van der Waals surface area contributed by atoms with Gasteiger partial charge in [0.15, 0.2) is 0 Å². The standard InChI is InChI=1S/C21H24N2O3.3H2/c1-12-16-10-23-8-7-14-13-5-3-4-6-18(13)22-20(14)19(23)9-15(16)17(11-26-12)21(24)25-2;;;/h3-6,11-12,15-16,19,22H,7-10H2,1-2H3;3*1H/t12-,15?,16?,19?;;;/m0.../s1. The zero-order valence-corrected chi connectivity index (χ0v) is 15.2. The number of nitrogens with zero attached hydrogens (tertiary/aromatic N) is 1. The second-order valence-corrected chi connectivity index (χ2v) is 7.74. The first-order valence-corrected chi connectivity index (χ1v) is 9.44. The SMILES string of the molecule is COC(=O)C1=CO[C@@H](C)C2CN3CCc4c([nH]c5ccccc45)C3CC12.[HH].[HH].[HH]. The highest BCUT2D eigenvalue weighted by molar-refractivity contribution is 5.89. The predicted molar refractivity (Wildman–Crippen MR) is 105 cm³/mol. The summed E-state index contributed by atoms with van der Waals surface area (Å²) in [6.07, 6.45) is 3.77. The number of methoxy groups -OCH3 is 1. The Bertz CT molecular complexity index is 914. The van der Waals surface area contributed by atoms with Gasteiger partial charge in [0, 0.05) is 45.8 Å². The van der Waals surface area contributed by atoms with Crippen molar-refractivity contribution < 1.29 is 18.5 Å². The van der Waals surface area contributed by atoms with Crippen LogP contribution in [0.2, 0.25) is 0 Å². The topological polar surface area (TPSA) is 54.6 Å². The lowest BCUT2D eigenvalue weighted by Crippen LogP contribution is -2.51. The van der Waals surface area contributed by atoms with Crippen LogP contribution in [0.1, 0.15) is 34.9 Å². The number of nitrogens with one attached hydrogen (secondary N) is 1. The van der Waals surface area contributed by atoms with Gasteiger partial charge in [-0.15, -0.1) is 0 Å². The zero-order chi connectivity index (χ0) is 17.8. The van der Waals surface area contributed by atoms with Crippen LogP contribution < -0.4 is 0 Å². The van der Waals surface area contributed by atoms with E-state index in [1.54, 1.807) is 6.26 Å². The van der Waals surface area contributed by atoms with Gasteiger partial charge in [0.25, 0.3) is 0 Å². The van der Waals surface area contributed by atoms with Crippen LogP contribution in [0.3, 0.4) is 0 Å². The van der Waals surface area contributed by atoms with E-state index in [0.29, 0.717) is 17.5 Å². The van der Waals surface area contributed by atoms with Crippen LogP contribution in [0.25, 0.3) is 10.9 Å². The minimum atomic E-state index is -0.256. The molecule has 1 saturated heterocycles. The Kier molecular flexibility index (Phi) is 3.60. The maximum Gasteiger partial charge on any atom is 0.337 e. The number of esters is 1. The molecule has 0 aliphatic carbocycles. The monoisotopic (exact) mass is 358 g/mol. The van der Waals surface area contributed by atoms with Gasteiger partial charge in [0.2, 0.25) is 0 Å². The average Bonchev–Trinajstić information content (AvgIpc) is 3.06. The summed E-state index contributed by atoms with van der Waals surface area (Å²) < 4.78 is 10.8. The Morgan fingerprint density at radius 2 is 2.23 bits per heavy atom. The zero-order valence-electron chi connectivity index (χ0n) is 15.2. The molecular formula is C21H30N2O3. The normalized spacial score (nSPS) is 30.6. The first-order chi connectivity index (χ1) is 12.7. The third-order valence-electron chi connectivity index (χ3n) is 6.54. The van der Waals surface area contributed by atoms with Gasteiger partial charge < -0.3 is 14.5 Å². The average molecular weight is 358 g/mol. The second kappa shape index (κ2) is 5.88. The molecule has 1 aromatic carbocycles. The molecule has 0 amide bonds. The summed E-state index contributed by atoms with van der Waals surface area (Å²) in [4.78, 5) is 18.5. The Morgan fingerprint density at radius 1 is 1.38 bits per heavy atom. The fourth-order valence-corrected chi connectivity index (χ4v) is 5.19. The molecule has 26 heavy (non-hydrogen) atoms. The molecule has 1 fully saturated rings. The lowest BCUT2D eigenvalue weighted by molar-refractivity contribution is -0.139. The number of carbonyl (C=O) groups is 1. The highest BCUT2D eigenvalue weighted by atomic mass is 16.5. The van der Waals surface area contributed by atoms with Crippen LogP contribution in [-0.4, -0.2) is 42.2 Å². The molecule has 3 aliphatic rings. The van der Waals surface area contributed by atoms with Gasteiger partial charge in [-0.2, -0.15) is 0 Å². The van der Waals surface area contributed by atoms with Crippen molar-refractivity contribution in [3.05, 3.63) is 47.4 Å². The first-order valence-electron chi connectivity index (χ1n) is 9.44. The number of rotatable bonds is 1. The second-order valence-electron chi connectivity index (χ2n) is 7.74. The van der Waals surface area contributed by atoms with E-state index in [0.717, 1.165) is 25.9 Å². The number of fused-ring (bicyclic) bond motifs is 6. The summed E-state index contributed by atoms with van der Waals surface area (Å²) in [5, 5.41) is 1.34. The molecule has 0 spiro atoms. The minimum Gasteiger partial charge on any atom is -0.497 e. The number of H-pyrrole nitrogens is 1. The van der Waals surface area contributed by atoms with Gasteiger partial charge in [-0.25, -0.2) is 4.79 Å². The van der Waals surface area contributed by atoms with E-state index in [4.69, 9.17) is 9.47 Å². The summed E-state index contributed by atoms with van der Waals surface area (Å²) in [5.74, 6) is 0.258. The molecule has 5 nitrogen and oxygen atoms in total. The summed E-state index contributed by atoms with van der Waals surface area (Å²) >= 11 is 0. The van der Waals surface area contributed by atoms with Crippen LogP contribution in [0.15, 0.2) is 36.1 Å². The van der Waals surface area contributed by atoms with E-state index in [-0.39, 0.29) is 22.3 Å². The van der Waals surface area contributed by atoms with Crippen LogP contribution >= 0.6 is 0 Å². The third-order valence-corrected chi connectivity index (χ3v) is 6.54. The number of piperidine rings is 1. The first kappa shape index (κ1) is 15.9. The van der Waals surface area contributed by atoms with E-state index < -0.39 is 0 Å². The molecule has 2 aromatic rings. The highest BCUT2D eigenvalue weighted by Gasteiger charge is 2.46. The quantitative estimate of drug-likeness (QED) is 0.785. The van der Waals surface area contributed by atoms with Crippen molar-refractivity contribution in [3.8, 4) is 0 Å². The fraction of sp³-hybridized carbons (Fsp3) is 0.476. The molecule has 0 saturated carbocycles. The number of hydrogen-bond acceptors (Lipinski definition) is 4. The van der Waals surface area contributed by atoms with Gasteiger partial charge in [-0.3, -0.25) is 4.90 Å². The Morgan fingerprint density at radius 3 is 3.08 bits per heavy atom. The van der Waals surface area contributed by atoms with Crippen LogP contribution in [0.5, 0.6) is 0 Å². The van der Waals surface area contributed by atoms with E-state index in [1.807, 2.05) is 0 Å². The van der Waals surface area contributed by atoms with Crippen LogP contribution in [0.4, 0.5) is 0 Å². The fourth-order valence-electron chi connectivity index (χ4n) is 5.19. The molecule has 0 radical (unpaired) electrons. The van der Waals surface area contributed by atoms with Crippen LogP contribution in [-0.2, 0) is 20.7 Å². The maximum atomic E-state index is 12.3. The molecule has 3 aliphatic heterocycles. The van der Waals surface area contributed by atoms with Crippen molar-refractivity contribution in [2.24, 2.45) is 11.8 Å². The number of aromatic nitrogens is 1. The number of aromatic amines is 1. The van der Waals surface area contributed by atoms with Crippen molar-refractivity contribution >= 4 is 16.9 Å². The summed E-state index contributed by atoms with van der Waals surface area (Å²) in [5.41, 5.74) is 4.69. The van der Waals surface area contributed by atoms with Crippen molar-refractivity contribution in [1.29, 1.82) is 0 Å². The molecule has 5 heteroatoms. The van der Waals surface area contributed by atoms with Gasteiger partial charge in [0.05, 0.1) is 31.1 Å². The summed E-state index contributed by atoms with van der Waals surface area (Å²) in [7, 11) is 1.45. The molecule has 1 aromatic heterocycles. The van der Waals surface area contributed by atoms with Crippen molar-refractivity contribution in [3.63, 3.8) is 0 Å². The van der Waals surface area contributed by atoms with E-state index >= 15 is 0 Å². The molecule has 3 unspecified atom stereocenters. The smallest absolute Gasteiger partial charge is 0.337 e. The van der Waals surface area contributed by atoms with Crippen LogP contribution in [0, 0.1) is 11.8 Å². The third kappa shape index (κ3) is 2.23. The summed E-state index contributed by atoms with van der Waals surface area (Å²) in [6, 6.07) is 8.88. The van der Waals surface area contributed by atoms with Gasteiger partial charge in [-0.05, 0) is 31.4 Å². The lowest BCUT2D eigenvalue weighted by Gasteiger charge is -2.49. The molecule has 142 valence electrons. The molecular weight excluding hydrogens is 328 g/mol. The van der Waals surface area contributed by atoms with E-state index in [9.17, 15) is 4.79 Å². The lowest BCUT2D eigenvalue weighted by atomic mass is 9.72. The number of hydrogen-bond donors (Lipinski definition) is 1. The largest absolute Gasteiger partial charge is 0.497 e. The van der Waals surface area contributed by atoms with Gasteiger partial charge in [0.1, 0.15) is 0 Å². The van der Waals surface area contributed by atoms with Gasteiger partial charge >= 0.3 is 5.97 Å². The number of benzene rings is 1. The maximum absolute atomic E-state index is 12.3. The summed E-state index contributed by atoms with van der Waals surface area (Å²) in [6.45, 7) is 4.13. The molecule has 4 heterocycles. The van der Waals surface area contributed by atoms with Crippen molar-refractivity contribution in [2.45, 2.75) is 31.9 Å². The molecule has 1 N–H and O–H groups in total. The van der Waals surface area contributed by atoms with E-state index in [1.165, 1.54) is 29.3 Å². The van der Waals surface area contributed by atoms with Crippen molar-refractivity contribution in [2.75, 3.05) is 20.2 Å².